The zero-order chi connectivity index (χ0) is 14.9. The quantitative estimate of drug-likeness (QED) is 0.805. The molecule has 1 N–H and O–H groups in total. The highest BCUT2D eigenvalue weighted by Crippen LogP contribution is 2.29. The summed E-state index contributed by atoms with van der Waals surface area (Å²) in [7, 11) is 0. The van der Waals surface area contributed by atoms with E-state index in [1.165, 1.54) is 11.3 Å². The van der Waals surface area contributed by atoms with Crippen LogP contribution in [0.3, 0.4) is 0 Å². The van der Waals surface area contributed by atoms with Gasteiger partial charge < -0.3 is 9.88 Å². The first kappa shape index (κ1) is 13.5. The maximum absolute atomic E-state index is 13.6. The number of aromatic nitrogens is 2. The van der Waals surface area contributed by atoms with Gasteiger partial charge in [0.25, 0.3) is 0 Å². The molecule has 0 unspecified atom stereocenters. The van der Waals surface area contributed by atoms with Crippen molar-refractivity contribution in [2.24, 2.45) is 0 Å². The normalized spacial score (nSPS) is 14.2. The molecule has 0 bridgehead atoms. The van der Waals surface area contributed by atoms with E-state index >= 15 is 0 Å². The van der Waals surface area contributed by atoms with E-state index in [0.29, 0.717) is 0 Å². The summed E-state index contributed by atoms with van der Waals surface area (Å²) in [6, 6.07) is 11.1. The Balaban J connectivity index is 1.76. The lowest BCUT2D eigenvalue weighted by Crippen LogP contribution is -2.24. The van der Waals surface area contributed by atoms with Crippen molar-refractivity contribution >= 4 is 10.9 Å². The summed E-state index contributed by atoms with van der Waals surface area (Å²) in [4.78, 5) is 4.40. The number of pyridine rings is 1. The van der Waals surface area contributed by atoms with E-state index in [4.69, 9.17) is 0 Å². The van der Waals surface area contributed by atoms with Crippen molar-refractivity contribution in [1.29, 1.82) is 0 Å². The van der Waals surface area contributed by atoms with Gasteiger partial charge in [0.1, 0.15) is 5.82 Å². The maximum atomic E-state index is 13.6. The lowest BCUT2D eigenvalue weighted by Gasteiger charge is -2.17. The SMILES string of the molecule is Fc1ccc2c(c1)c1c(n2CCc2ccccn2)CCNC1. The Morgan fingerprint density at radius 3 is 3.05 bits per heavy atom. The minimum absolute atomic E-state index is 0.164. The van der Waals surface area contributed by atoms with E-state index in [0.717, 1.165) is 49.1 Å². The van der Waals surface area contributed by atoms with E-state index in [-0.39, 0.29) is 5.82 Å². The standard InChI is InChI=1S/C18H18FN3/c19-13-4-5-17-15(11-13)16-12-20-9-6-18(16)22(17)10-7-14-3-1-2-8-21-14/h1-5,8,11,20H,6-7,9-10,12H2. The van der Waals surface area contributed by atoms with Crippen LogP contribution in [-0.2, 0) is 25.9 Å². The molecule has 3 aromatic rings. The van der Waals surface area contributed by atoms with Gasteiger partial charge in [-0.1, -0.05) is 6.07 Å². The molecule has 1 aliphatic heterocycles. The number of fused-ring (bicyclic) bond motifs is 3. The Kier molecular flexibility index (Phi) is 3.39. The Morgan fingerprint density at radius 1 is 1.23 bits per heavy atom. The number of rotatable bonds is 3. The molecule has 3 nitrogen and oxygen atoms in total. The van der Waals surface area contributed by atoms with Crippen molar-refractivity contribution in [2.75, 3.05) is 6.54 Å². The van der Waals surface area contributed by atoms with Crippen LogP contribution in [-0.4, -0.2) is 16.1 Å². The van der Waals surface area contributed by atoms with Crippen LogP contribution in [0.15, 0.2) is 42.6 Å². The van der Waals surface area contributed by atoms with Crippen LogP contribution in [0.2, 0.25) is 0 Å². The minimum Gasteiger partial charge on any atom is -0.344 e. The molecule has 112 valence electrons. The van der Waals surface area contributed by atoms with Crippen molar-refractivity contribution in [3.63, 3.8) is 0 Å². The monoisotopic (exact) mass is 295 g/mol. The van der Waals surface area contributed by atoms with Gasteiger partial charge in [0.2, 0.25) is 0 Å². The molecule has 2 aromatic heterocycles. The van der Waals surface area contributed by atoms with E-state index < -0.39 is 0 Å². The van der Waals surface area contributed by atoms with Crippen LogP contribution in [0.25, 0.3) is 10.9 Å². The van der Waals surface area contributed by atoms with Crippen LogP contribution >= 0.6 is 0 Å². The summed E-state index contributed by atoms with van der Waals surface area (Å²) in [5.41, 5.74) is 4.82. The molecule has 0 aliphatic carbocycles. The van der Waals surface area contributed by atoms with Crippen LogP contribution in [0.4, 0.5) is 4.39 Å². The number of nitrogens with one attached hydrogen (secondary N) is 1. The highest BCUT2D eigenvalue weighted by atomic mass is 19.1. The number of aryl methyl sites for hydroxylation is 2. The van der Waals surface area contributed by atoms with Gasteiger partial charge in [0.05, 0.1) is 0 Å². The zero-order valence-corrected chi connectivity index (χ0v) is 12.3. The molecule has 4 heteroatoms. The Hall–Kier alpha value is -2.20. The lowest BCUT2D eigenvalue weighted by atomic mass is 10.1. The van der Waals surface area contributed by atoms with E-state index in [1.54, 1.807) is 12.1 Å². The third-order valence-electron chi connectivity index (χ3n) is 4.41. The predicted molar refractivity (Wildman–Crippen MR) is 85.2 cm³/mol. The summed E-state index contributed by atoms with van der Waals surface area (Å²) < 4.78 is 16.0. The molecule has 1 aliphatic rings. The molecule has 3 heterocycles. The molecular formula is C18H18FN3. The van der Waals surface area contributed by atoms with Crippen molar-refractivity contribution < 1.29 is 4.39 Å². The van der Waals surface area contributed by atoms with Gasteiger partial charge in [0, 0.05) is 61.0 Å². The number of hydrogen-bond acceptors (Lipinski definition) is 2. The van der Waals surface area contributed by atoms with Gasteiger partial charge in [0.15, 0.2) is 0 Å². The van der Waals surface area contributed by atoms with E-state index in [9.17, 15) is 4.39 Å². The summed E-state index contributed by atoms with van der Waals surface area (Å²) in [5.74, 6) is -0.164. The molecule has 0 radical (unpaired) electrons. The summed E-state index contributed by atoms with van der Waals surface area (Å²) in [6.45, 7) is 2.69. The molecule has 0 saturated carbocycles. The highest BCUT2D eigenvalue weighted by Gasteiger charge is 2.19. The number of halogens is 1. The zero-order valence-electron chi connectivity index (χ0n) is 12.3. The third kappa shape index (κ3) is 2.29. The summed E-state index contributed by atoms with van der Waals surface area (Å²) >= 11 is 0. The van der Waals surface area contributed by atoms with E-state index in [2.05, 4.69) is 20.9 Å². The fraction of sp³-hybridized carbons (Fsp3) is 0.278. The molecule has 0 amide bonds. The largest absolute Gasteiger partial charge is 0.344 e. The lowest BCUT2D eigenvalue weighted by molar-refractivity contribution is 0.592. The molecular weight excluding hydrogens is 277 g/mol. The second-order valence-corrected chi connectivity index (χ2v) is 5.74. The van der Waals surface area contributed by atoms with Gasteiger partial charge in [-0.15, -0.1) is 0 Å². The molecule has 1 aromatic carbocycles. The van der Waals surface area contributed by atoms with Crippen LogP contribution in [0.5, 0.6) is 0 Å². The second-order valence-electron chi connectivity index (χ2n) is 5.74. The van der Waals surface area contributed by atoms with Crippen molar-refractivity contribution in [2.45, 2.75) is 25.9 Å². The maximum Gasteiger partial charge on any atom is 0.123 e. The fourth-order valence-corrected chi connectivity index (χ4v) is 3.38. The molecule has 0 saturated heterocycles. The van der Waals surface area contributed by atoms with Gasteiger partial charge in [-0.25, -0.2) is 4.39 Å². The van der Waals surface area contributed by atoms with Crippen LogP contribution < -0.4 is 5.32 Å². The number of nitrogens with zero attached hydrogens (tertiary/aromatic N) is 2. The molecule has 22 heavy (non-hydrogen) atoms. The Morgan fingerprint density at radius 2 is 2.18 bits per heavy atom. The summed E-state index contributed by atoms with van der Waals surface area (Å²) in [5, 5.41) is 4.44. The third-order valence-corrected chi connectivity index (χ3v) is 4.41. The van der Waals surface area contributed by atoms with Crippen LogP contribution in [0.1, 0.15) is 17.0 Å². The average Bonchev–Trinajstić information content (AvgIpc) is 2.87. The van der Waals surface area contributed by atoms with E-state index in [1.807, 2.05) is 24.4 Å². The summed E-state index contributed by atoms with van der Waals surface area (Å²) in [6.07, 6.45) is 3.72. The number of hydrogen-bond donors (Lipinski definition) is 1. The van der Waals surface area contributed by atoms with Gasteiger partial charge >= 0.3 is 0 Å². The Bertz CT molecular complexity index is 808. The van der Waals surface area contributed by atoms with Gasteiger partial charge in [-0.2, -0.15) is 0 Å². The van der Waals surface area contributed by atoms with Crippen molar-refractivity contribution in [3.05, 3.63) is 65.4 Å². The minimum atomic E-state index is -0.164. The van der Waals surface area contributed by atoms with Gasteiger partial charge in [-0.05, 0) is 35.9 Å². The molecule has 4 rings (SSSR count). The second kappa shape index (κ2) is 5.54. The first-order valence-corrected chi connectivity index (χ1v) is 7.73. The van der Waals surface area contributed by atoms with Crippen LogP contribution in [0, 0.1) is 5.82 Å². The first-order valence-electron chi connectivity index (χ1n) is 7.73. The molecule has 0 spiro atoms. The van der Waals surface area contributed by atoms with Gasteiger partial charge in [-0.3, -0.25) is 4.98 Å². The molecule has 0 atom stereocenters. The van der Waals surface area contributed by atoms with Crippen molar-refractivity contribution in [3.8, 4) is 0 Å². The fourth-order valence-electron chi connectivity index (χ4n) is 3.38. The predicted octanol–water partition coefficient (Wildman–Crippen LogP) is 3.06. The topological polar surface area (TPSA) is 29.9 Å². The highest BCUT2D eigenvalue weighted by molar-refractivity contribution is 5.86. The van der Waals surface area contributed by atoms with Crippen molar-refractivity contribution in [1.82, 2.24) is 14.9 Å². The number of benzene rings is 1. The molecule has 0 fully saturated rings. The Labute approximate surface area is 128 Å². The smallest absolute Gasteiger partial charge is 0.123 e. The average molecular weight is 295 g/mol. The first-order chi connectivity index (χ1) is 10.8.